The molecule has 0 aromatic heterocycles. The van der Waals surface area contributed by atoms with Crippen molar-refractivity contribution in [2.75, 3.05) is 13.1 Å². The second-order valence-corrected chi connectivity index (χ2v) is 5.01. The van der Waals surface area contributed by atoms with Gasteiger partial charge in [-0.3, -0.25) is 0 Å². The fraction of sp³-hybridized carbons (Fsp3) is 0.500. The summed E-state index contributed by atoms with van der Waals surface area (Å²) in [6.45, 7) is 4.31. The standard InChI is InChI=1S/C16H23NO/c1-14(15-7-3-2-4-8-15)10-11-17-13-16-9-5-6-12-18-16/h2-4,6-8,12,14,16-17H,5,9-11,13H2,1H3. The molecule has 1 aromatic rings. The Morgan fingerprint density at radius 3 is 2.89 bits per heavy atom. The van der Waals surface area contributed by atoms with E-state index in [1.165, 1.54) is 12.0 Å². The minimum Gasteiger partial charge on any atom is -0.497 e. The summed E-state index contributed by atoms with van der Waals surface area (Å²) in [6.07, 6.45) is 7.75. The Morgan fingerprint density at radius 1 is 1.33 bits per heavy atom. The van der Waals surface area contributed by atoms with E-state index in [0.29, 0.717) is 12.0 Å². The SMILES string of the molecule is CC(CCNCC1CCC=CO1)c1ccccc1. The topological polar surface area (TPSA) is 21.3 Å². The van der Waals surface area contributed by atoms with Crippen LogP contribution in [0.15, 0.2) is 42.7 Å². The van der Waals surface area contributed by atoms with E-state index in [4.69, 9.17) is 4.74 Å². The average Bonchev–Trinajstić information content (AvgIpc) is 2.45. The first-order valence-corrected chi connectivity index (χ1v) is 6.92. The summed E-state index contributed by atoms with van der Waals surface area (Å²) in [7, 11) is 0. The van der Waals surface area contributed by atoms with Crippen molar-refractivity contribution in [3.05, 3.63) is 48.2 Å². The van der Waals surface area contributed by atoms with Gasteiger partial charge in [0.2, 0.25) is 0 Å². The van der Waals surface area contributed by atoms with Gasteiger partial charge in [0.15, 0.2) is 0 Å². The fourth-order valence-corrected chi connectivity index (χ4v) is 2.26. The summed E-state index contributed by atoms with van der Waals surface area (Å²) < 4.78 is 5.53. The Morgan fingerprint density at radius 2 is 2.17 bits per heavy atom. The van der Waals surface area contributed by atoms with Crippen LogP contribution in [0, 0.1) is 0 Å². The molecule has 2 rings (SSSR count). The van der Waals surface area contributed by atoms with Crippen molar-refractivity contribution in [1.29, 1.82) is 0 Å². The van der Waals surface area contributed by atoms with Gasteiger partial charge in [0.1, 0.15) is 6.10 Å². The highest BCUT2D eigenvalue weighted by molar-refractivity contribution is 5.18. The molecule has 0 fully saturated rings. The van der Waals surface area contributed by atoms with Crippen molar-refractivity contribution in [2.24, 2.45) is 0 Å². The van der Waals surface area contributed by atoms with Crippen LogP contribution in [0.5, 0.6) is 0 Å². The molecule has 18 heavy (non-hydrogen) atoms. The van der Waals surface area contributed by atoms with Crippen molar-refractivity contribution in [3.8, 4) is 0 Å². The molecule has 2 heteroatoms. The molecule has 2 atom stereocenters. The normalized spacial score (nSPS) is 20.4. The van der Waals surface area contributed by atoms with Crippen LogP contribution in [-0.4, -0.2) is 19.2 Å². The van der Waals surface area contributed by atoms with Crippen LogP contribution in [-0.2, 0) is 4.74 Å². The zero-order chi connectivity index (χ0) is 12.6. The minimum absolute atomic E-state index is 0.363. The Hall–Kier alpha value is -1.28. The minimum atomic E-state index is 0.363. The van der Waals surface area contributed by atoms with E-state index in [-0.39, 0.29) is 0 Å². The lowest BCUT2D eigenvalue weighted by Crippen LogP contribution is -2.30. The predicted octanol–water partition coefficient (Wildman–Crippen LogP) is 3.46. The van der Waals surface area contributed by atoms with Crippen LogP contribution in [0.3, 0.4) is 0 Å². The Labute approximate surface area is 110 Å². The summed E-state index contributed by atoms with van der Waals surface area (Å²) in [5.41, 5.74) is 1.43. The number of allylic oxidation sites excluding steroid dienone is 1. The molecule has 0 spiro atoms. The molecule has 1 N–H and O–H groups in total. The maximum atomic E-state index is 5.53. The Bertz CT molecular complexity index is 361. The van der Waals surface area contributed by atoms with Gasteiger partial charge in [0.05, 0.1) is 6.26 Å². The van der Waals surface area contributed by atoms with Crippen molar-refractivity contribution in [1.82, 2.24) is 5.32 Å². The smallest absolute Gasteiger partial charge is 0.110 e. The first kappa shape index (κ1) is 13.2. The van der Waals surface area contributed by atoms with Crippen molar-refractivity contribution in [2.45, 2.75) is 38.2 Å². The number of ether oxygens (including phenoxy) is 1. The number of nitrogens with one attached hydrogen (secondary N) is 1. The van der Waals surface area contributed by atoms with E-state index < -0.39 is 0 Å². The van der Waals surface area contributed by atoms with Crippen LogP contribution in [0.4, 0.5) is 0 Å². The molecule has 0 saturated heterocycles. The molecule has 0 aliphatic carbocycles. The molecule has 0 saturated carbocycles. The Balaban J connectivity index is 1.62. The quantitative estimate of drug-likeness (QED) is 0.775. The van der Waals surface area contributed by atoms with Crippen molar-refractivity contribution < 1.29 is 4.74 Å². The lowest BCUT2D eigenvalue weighted by atomic mass is 9.98. The van der Waals surface area contributed by atoms with Gasteiger partial charge < -0.3 is 10.1 Å². The zero-order valence-electron chi connectivity index (χ0n) is 11.1. The molecule has 1 aromatic carbocycles. The van der Waals surface area contributed by atoms with Gasteiger partial charge in [-0.2, -0.15) is 0 Å². The number of hydrogen-bond donors (Lipinski definition) is 1. The highest BCUT2D eigenvalue weighted by atomic mass is 16.5. The molecular weight excluding hydrogens is 222 g/mol. The third kappa shape index (κ3) is 4.19. The fourth-order valence-electron chi connectivity index (χ4n) is 2.26. The van der Waals surface area contributed by atoms with Crippen molar-refractivity contribution in [3.63, 3.8) is 0 Å². The summed E-state index contributed by atoms with van der Waals surface area (Å²) in [5, 5.41) is 3.50. The average molecular weight is 245 g/mol. The molecule has 2 nitrogen and oxygen atoms in total. The Kier molecular flexibility index (Phi) is 5.28. The second kappa shape index (κ2) is 7.22. The molecule has 0 bridgehead atoms. The summed E-state index contributed by atoms with van der Waals surface area (Å²) in [5.74, 6) is 0.617. The molecule has 0 radical (unpaired) electrons. The number of hydrogen-bond acceptors (Lipinski definition) is 2. The zero-order valence-corrected chi connectivity index (χ0v) is 11.1. The predicted molar refractivity (Wildman–Crippen MR) is 75.6 cm³/mol. The highest BCUT2D eigenvalue weighted by Gasteiger charge is 2.10. The largest absolute Gasteiger partial charge is 0.497 e. The first-order chi connectivity index (χ1) is 8.86. The maximum Gasteiger partial charge on any atom is 0.110 e. The van der Waals surface area contributed by atoms with Crippen molar-refractivity contribution >= 4 is 0 Å². The second-order valence-electron chi connectivity index (χ2n) is 5.01. The van der Waals surface area contributed by atoms with E-state index in [9.17, 15) is 0 Å². The lowest BCUT2D eigenvalue weighted by molar-refractivity contribution is 0.122. The maximum absolute atomic E-state index is 5.53. The monoisotopic (exact) mass is 245 g/mol. The van der Waals surface area contributed by atoms with Gasteiger partial charge in [0, 0.05) is 6.54 Å². The van der Waals surface area contributed by atoms with E-state index >= 15 is 0 Å². The van der Waals surface area contributed by atoms with Gasteiger partial charge >= 0.3 is 0 Å². The molecule has 2 unspecified atom stereocenters. The first-order valence-electron chi connectivity index (χ1n) is 6.92. The van der Waals surface area contributed by atoms with Crippen LogP contribution < -0.4 is 5.32 Å². The van der Waals surface area contributed by atoms with Crippen LogP contribution in [0.25, 0.3) is 0 Å². The molecule has 0 amide bonds. The van der Waals surface area contributed by atoms with Gasteiger partial charge in [-0.25, -0.2) is 0 Å². The summed E-state index contributed by atoms with van der Waals surface area (Å²) in [4.78, 5) is 0. The molecule has 1 aliphatic heterocycles. The molecular formula is C16H23NO. The van der Waals surface area contributed by atoms with E-state index in [1.54, 1.807) is 0 Å². The third-order valence-electron chi connectivity index (χ3n) is 3.52. The summed E-state index contributed by atoms with van der Waals surface area (Å²) in [6, 6.07) is 10.7. The van der Waals surface area contributed by atoms with Gasteiger partial charge in [-0.15, -0.1) is 0 Å². The van der Waals surface area contributed by atoms with Gasteiger partial charge in [-0.1, -0.05) is 37.3 Å². The lowest BCUT2D eigenvalue weighted by Gasteiger charge is -2.20. The highest BCUT2D eigenvalue weighted by Crippen LogP contribution is 2.17. The molecule has 1 aliphatic rings. The molecule has 98 valence electrons. The molecule has 1 heterocycles. The summed E-state index contributed by atoms with van der Waals surface area (Å²) >= 11 is 0. The van der Waals surface area contributed by atoms with E-state index in [1.807, 2.05) is 6.26 Å². The van der Waals surface area contributed by atoms with E-state index in [2.05, 4.69) is 48.6 Å². The van der Waals surface area contributed by atoms with Crippen LogP contribution in [0.2, 0.25) is 0 Å². The van der Waals surface area contributed by atoms with E-state index in [0.717, 1.165) is 25.9 Å². The van der Waals surface area contributed by atoms with Gasteiger partial charge in [-0.05, 0) is 43.4 Å². The number of benzene rings is 1. The third-order valence-corrected chi connectivity index (χ3v) is 3.52. The van der Waals surface area contributed by atoms with Crippen LogP contribution in [0.1, 0.15) is 37.7 Å². The number of rotatable bonds is 6. The van der Waals surface area contributed by atoms with Crippen LogP contribution >= 0.6 is 0 Å². The van der Waals surface area contributed by atoms with Gasteiger partial charge in [0.25, 0.3) is 0 Å².